The minimum Gasteiger partial charge on any atom is -0.507 e. The van der Waals surface area contributed by atoms with E-state index >= 15 is 0 Å². The molecule has 0 aliphatic carbocycles. The number of morpholine rings is 1. The van der Waals surface area contributed by atoms with Gasteiger partial charge in [-0.1, -0.05) is 0 Å². The van der Waals surface area contributed by atoms with Crippen molar-refractivity contribution in [2.24, 2.45) is 9.98 Å². The Hall–Kier alpha value is -3.79. The number of amides is 2. The van der Waals surface area contributed by atoms with E-state index in [4.69, 9.17) is 14.7 Å². The highest BCUT2D eigenvalue weighted by Crippen LogP contribution is 2.28. The summed E-state index contributed by atoms with van der Waals surface area (Å²) in [6.45, 7) is 4.20. The smallest absolute Gasteiger partial charge is 0.317 e. The summed E-state index contributed by atoms with van der Waals surface area (Å²) >= 11 is 0. The standard InChI is InChI=1S/C23H25N7O3/c31-19(16-2-1-6-24-15-16)14-20-28-21-18(22-25-8-9-30(20)22)4-3-17(27-21)5-7-26-23(32)29-10-12-33-13-11-29/h1-4,6,14-15,31H,5,7-13H2,(H,26,32)/b19-14-. The summed E-state index contributed by atoms with van der Waals surface area (Å²) in [7, 11) is 0. The Bertz CT molecular complexity index is 1120. The molecular weight excluding hydrogens is 422 g/mol. The zero-order valence-electron chi connectivity index (χ0n) is 18.1. The van der Waals surface area contributed by atoms with Gasteiger partial charge in [0.2, 0.25) is 0 Å². The number of rotatable bonds is 5. The van der Waals surface area contributed by atoms with Crippen LogP contribution in [0.5, 0.6) is 0 Å². The van der Waals surface area contributed by atoms with Gasteiger partial charge in [-0.2, -0.15) is 0 Å². The molecule has 0 spiro atoms. The van der Waals surface area contributed by atoms with Crippen LogP contribution < -0.4 is 5.32 Å². The molecule has 10 heteroatoms. The number of ether oxygens (including phenoxy) is 1. The maximum Gasteiger partial charge on any atom is 0.317 e. The van der Waals surface area contributed by atoms with Gasteiger partial charge in [-0.25, -0.2) is 14.8 Å². The first kappa shape index (κ1) is 21.1. The Kier molecular flexibility index (Phi) is 5.99. The molecule has 0 saturated carbocycles. The van der Waals surface area contributed by atoms with Gasteiger partial charge in [-0.3, -0.25) is 9.98 Å². The van der Waals surface area contributed by atoms with Crippen molar-refractivity contribution < 1.29 is 14.6 Å². The summed E-state index contributed by atoms with van der Waals surface area (Å²) in [5, 5.41) is 13.5. The number of nitrogens with one attached hydrogen (secondary N) is 1. The Morgan fingerprint density at radius 2 is 2.09 bits per heavy atom. The number of carbonyl (C=O) groups is 1. The monoisotopic (exact) mass is 447 g/mol. The van der Waals surface area contributed by atoms with Crippen molar-refractivity contribution in [2.75, 3.05) is 45.9 Å². The summed E-state index contributed by atoms with van der Waals surface area (Å²) in [5.74, 6) is 2.04. The van der Waals surface area contributed by atoms with Crippen molar-refractivity contribution >= 4 is 29.3 Å². The lowest BCUT2D eigenvalue weighted by Crippen LogP contribution is -2.46. The Morgan fingerprint density at radius 1 is 1.21 bits per heavy atom. The SMILES string of the molecule is O=C(NCCc1ccc2c(n1)N=C(/C=C(\O)c1cccnc1)N1CCN=C21)N1CCOCC1. The molecule has 1 fully saturated rings. The molecule has 0 aromatic carbocycles. The molecular formula is C23H25N7O3. The van der Waals surface area contributed by atoms with E-state index in [0.717, 1.165) is 17.1 Å². The van der Waals surface area contributed by atoms with Crippen molar-refractivity contribution in [1.29, 1.82) is 0 Å². The van der Waals surface area contributed by atoms with E-state index in [-0.39, 0.29) is 11.8 Å². The first-order chi connectivity index (χ1) is 16.2. The summed E-state index contributed by atoms with van der Waals surface area (Å²) in [4.78, 5) is 34.1. The average Bonchev–Trinajstić information content (AvgIpc) is 3.35. The van der Waals surface area contributed by atoms with Gasteiger partial charge >= 0.3 is 6.03 Å². The number of amidine groups is 2. The summed E-state index contributed by atoms with van der Waals surface area (Å²) in [6, 6.07) is 7.40. The van der Waals surface area contributed by atoms with Gasteiger partial charge < -0.3 is 25.0 Å². The summed E-state index contributed by atoms with van der Waals surface area (Å²) in [6.07, 6.45) is 5.47. The molecule has 2 aromatic heterocycles. The average molecular weight is 447 g/mol. The van der Waals surface area contributed by atoms with Gasteiger partial charge in [0.1, 0.15) is 17.4 Å². The first-order valence-electron chi connectivity index (χ1n) is 11.0. The van der Waals surface area contributed by atoms with Crippen LogP contribution in [-0.4, -0.2) is 88.5 Å². The molecule has 0 unspecified atom stereocenters. The van der Waals surface area contributed by atoms with Crippen LogP contribution in [0.4, 0.5) is 10.6 Å². The molecule has 3 aliphatic heterocycles. The quantitative estimate of drug-likeness (QED) is 0.675. The van der Waals surface area contributed by atoms with E-state index in [1.165, 1.54) is 0 Å². The second-order valence-electron chi connectivity index (χ2n) is 7.85. The molecule has 0 radical (unpaired) electrons. The highest BCUT2D eigenvalue weighted by molar-refractivity contribution is 6.19. The third-order valence-electron chi connectivity index (χ3n) is 5.69. The van der Waals surface area contributed by atoms with Crippen molar-refractivity contribution in [2.45, 2.75) is 6.42 Å². The molecule has 2 amide bonds. The third-order valence-corrected chi connectivity index (χ3v) is 5.69. The molecule has 10 nitrogen and oxygen atoms in total. The lowest BCUT2D eigenvalue weighted by atomic mass is 10.1. The molecule has 0 bridgehead atoms. The molecule has 0 atom stereocenters. The number of pyridine rings is 2. The molecule has 170 valence electrons. The molecule has 33 heavy (non-hydrogen) atoms. The van der Waals surface area contributed by atoms with Crippen molar-refractivity contribution in [1.82, 2.24) is 25.1 Å². The van der Waals surface area contributed by atoms with Crippen LogP contribution in [-0.2, 0) is 11.2 Å². The number of carbonyl (C=O) groups excluding carboxylic acids is 1. The fourth-order valence-corrected chi connectivity index (χ4v) is 3.96. The number of fused-ring (bicyclic) bond motifs is 3. The van der Waals surface area contributed by atoms with Crippen LogP contribution in [0, 0.1) is 0 Å². The van der Waals surface area contributed by atoms with Crippen LogP contribution in [0.25, 0.3) is 5.76 Å². The molecule has 1 saturated heterocycles. The lowest BCUT2D eigenvalue weighted by Gasteiger charge is -2.27. The number of aromatic nitrogens is 2. The van der Waals surface area contributed by atoms with Crippen molar-refractivity contribution in [3.05, 3.63) is 59.6 Å². The number of aliphatic hydroxyl groups is 1. The molecule has 2 N–H and O–H groups in total. The molecule has 5 rings (SSSR count). The van der Waals surface area contributed by atoms with Crippen LogP contribution >= 0.6 is 0 Å². The number of aliphatic imine (C=N–C) groups is 2. The Labute approximate surface area is 191 Å². The fourth-order valence-electron chi connectivity index (χ4n) is 3.96. The van der Waals surface area contributed by atoms with Crippen LogP contribution in [0.1, 0.15) is 16.8 Å². The van der Waals surface area contributed by atoms with E-state index in [1.54, 1.807) is 35.5 Å². The first-order valence-corrected chi connectivity index (χ1v) is 11.0. The predicted octanol–water partition coefficient (Wildman–Crippen LogP) is 1.77. The Morgan fingerprint density at radius 3 is 2.91 bits per heavy atom. The number of hydrogen-bond acceptors (Lipinski definition) is 8. The van der Waals surface area contributed by atoms with E-state index in [0.29, 0.717) is 69.6 Å². The highest BCUT2D eigenvalue weighted by atomic mass is 16.5. The van der Waals surface area contributed by atoms with Crippen LogP contribution in [0.2, 0.25) is 0 Å². The Balaban J connectivity index is 1.32. The zero-order chi connectivity index (χ0) is 22.6. The van der Waals surface area contributed by atoms with E-state index in [1.807, 2.05) is 17.0 Å². The molecule has 2 aromatic rings. The summed E-state index contributed by atoms with van der Waals surface area (Å²) in [5.41, 5.74) is 2.31. The molecule has 5 heterocycles. The number of hydrogen-bond donors (Lipinski definition) is 2. The second-order valence-corrected chi connectivity index (χ2v) is 7.85. The van der Waals surface area contributed by atoms with Gasteiger partial charge in [0.05, 0.1) is 25.3 Å². The van der Waals surface area contributed by atoms with E-state index in [2.05, 4.69) is 15.3 Å². The second kappa shape index (κ2) is 9.37. The maximum atomic E-state index is 12.3. The third kappa shape index (κ3) is 4.56. The van der Waals surface area contributed by atoms with Gasteiger partial charge in [0.25, 0.3) is 0 Å². The topological polar surface area (TPSA) is 116 Å². The maximum absolute atomic E-state index is 12.3. The number of aliphatic hydroxyl groups excluding tert-OH is 1. The van der Waals surface area contributed by atoms with Gasteiger partial charge in [-0.05, 0) is 24.3 Å². The minimum atomic E-state index is -0.0801. The largest absolute Gasteiger partial charge is 0.507 e. The predicted molar refractivity (Wildman–Crippen MR) is 124 cm³/mol. The number of nitrogens with zero attached hydrogens (tertiary/aromatic N) is 6. The van der Waals surface area contributed by atoms with E-state index in [9.17, 15) is 9.90 Å². The normalized spacial score (nSPS) is 17.8. The number of urea groups is 1. The van der Waals surface area contributed by atoms with Gasteiger partial charge in [0, 0.05) is 62.3 Å². The lowest BCUT2D eigenvalue weighted by molar-refractivity contribution is 0.0533. The van der Waals surface area contributed by atoms with Crippen LogP contribution in [0.3, 0.4) is 0 Å². The van der Waals surface area contributed by atoms with Gasteiger partial charge in [-0.15, -0.1) is 0 Å². The van der Waals surface area contributed by atoms with Crippen molar-refractivity contribution in [3.8, 4) is 0 Å². The molecule has 3 aliphatic rings. The van der Waals surface area contributed by atoms with Crippen molar-refractivity contribution in [3.63, 3.8) is 0 Å². The van der Waals surface area contributed by atoms with Gasteiger partial charge in [0.15, 0.2) is 5.82 Å². The highest BCUT2D eigenvalue weighted by Gasteiger charge is 2.29. The van der Waals surface area contributed by atoms with Crippen LogP contribution in [0.15, 0.2) is 52.7 Å². The van der Waals surface area contributed by atoms with E-state index < -0.39 is 0 Å². The summed E-state index contributed by atoms with van der Waals surface area (Å²) < 4.78 is 5.28. The minimum absolute atomic E-state index is 0.0801. The zero-order valence-corrected chi connectivity index (χ0v) is 18.1. The fraction of sp³-hybridized carbons (Fsp3) is 0.348.